The molecule has 17 heavy (non-hydrogen) atoms. The van der Waals surface area contributed by atoms with Gasteiger partial charge in [-0.25, -0.2) is 0 Å². The Morgan fingerprint density at radius 2 is 1.88 bits per heavy atom. The summed E-state index contributed by atoms with van der Waals surface area (Å²) in [6, 6.07) is 0.747. The molecule has 2 aliphatic heterocycles. The lowest BCUT2D eigenvalue weighted by Gasteiger charge is -2.34. The molecule has 0 radical (unpaired) electrons. The van der Waals surface area contributed by atoms with Crippen molar-refractivity contribution in [1.82, 2.24) is 5.32 Å². The highest BCUT2D eigenvalue weighted by Gasteiger charge is 2.26. The monoisotopic (exact) mass is 257 g/mol. The van der Waals surface area contributed by atoms with E-state index in [-0.39, 0.29) is 0 Å². The van der Waals surface area contributed by atoms with Crippen molar-refractivity contribution in [2.45, 2.75) is 45.1 Å². The molecule has 0 aliphatic carbocycles. The fraction of sp³-hybridized carbons (Fsp3) is 1.00. The Kier molecular flexibility index (Phi) is 6.16. The molecule has 3 heteroatoms. The third kappa shape index (κ3) is 4.46. The maximum atomic E-state index is 5.49. The van der Waals surface area contributed by atoms with E-state index in [2.05, 4.69) is 24.0 Å². The van der Waals surface area contributed by atoms with E-state index in [0.29, 0.717) is 0 Å². The number of ether oxygens (including phenoxy) is 1. The van der Waals surface area contributed by atoms with Gasteiger partial charge in [0.2, 0.25) is 0 Å². The van der Waals surface area contributed by atoms with Crippen molar-refractivity contribution >= 4 is 11.8 Å². The molecule has 2 heterocycles. The number of hydrogen-bond donors (Lipinski definition) is 1. The van der Waals surface area contributed by atoms with Crippen LogP contribution in [0.3, 0.4) is 0 Å². The van der Waals surface area contributed by atoms with Gasteiger partial charge in [-0.15, -0.1) is 0 Å². The van der Waals surface area contributed by atoms with Crippen LogP contribution in [0.15, 0.2) is 0 Å². The lowest BCUT2D eigenvalue weighted by molar-refractivity contribution is 0.0501. The Hall–Kier alpha value is 0.270. The van der Waals surface area contributed by atoms with Crippen molar-refractivity contribution in [3.05, 3.63) is 0 Å². The van der Waals surface area contributed by atoms with Crippen LogP contribution >= 0.6 is 11.8 Å². The first-order chi connectivity index (χ1) is 8.40. The van der Waals surface area contributed by atoms with E-state index in [1.807, 2.05) is 0 Å². The molecule has 0 aromatic rings. The van der Waals surface area contributed by atoms with Crippen molar-refractivity contribution in [2.75, 3.05) is 31.3 Å². The Morgan fingerprint density at radius 3 is 2.53 bits per heavy atom. The van der Waals surface area contributed by atoms with Crippen LogP contribution < -0.4 is 5.32 Å². The van der Waals surface area contributed by atoms with E-state index in [4.69, 9.17) is 4.74 Å². The van der Waals surface area contributed by atoms with Gasteiger partial charge in [0, 0.05) is 19.3 Å². The molecule has 0 spiro atoms. The molecule has 0 aromatic carbocycles. The van der Waals surface area contributed by atoms with Gasteiger partial charge in [0.25, 0.3) is 0 Å². The van der Waals surface area contributed by atoms with Crippen LogP contribution in [0.25, 0.3) is 0 Å². The molecule has 0 amide bonds. The van der Waals surface area contributed by atoms with Gasteiger partial charge in [-0.3, -0.25) is 0 Å². The summed E-state index contributed by atoms with van der Waals surface area (Å²) in [6.45, 7) is 5.31. The maximum Gasteiger partial charge on any atom is 0.0469 e. The van der Waals surface area contributed by atoms with Gasteiger partial charge >= 0.3 is 0 Å². The second-order valence-electron chi connectivity index (χ2n) is 5.41. The third-order valence-corrected chi connectivity index (χ3v) is 5.28. The predicted molar refractivity (Wildman–Crippen MR) is 75.7 cm³/mol. The number of nitrogens with one attached hydrogen (secondary N) is 1. The molecule has 2 aliphatic rings. The second kappa shape index (κ2) is 7.65. The van der Waals surface area contributed by atoms with Gasteiger partial charge in [0.1, 0.15) is 0 Å². The first kappa shape index (κ1) is 13.7. The van der Waals surface area contributed by atoms with Gasteiger partial charge in [0.15, 0.2) is 0 Å². The zero-order chi connectivity index (χ0) is 11.9. The van der Waals surface area contributed by atoms with Gasteiger partial charge in [-0.1, -0.05) is 6.92 Å². The predicted octanol–water partition coefficient (Wildman–Crippen LogP) is 2.92. The van der Waals surface area contributed by atoms with Gasteiger partial charge in [0.05, 0.1) is 0 Å². The molecule has 1 N–H and O–H groups in total. The normalized spacial score (nSPS) is 25.9. The van der Waals surface area contributed by atoms with E-state index in [1.54, 1.807) is 0 Å². The maximum absolute atomic E-state index is 5.49. The molecule has 0 bridgehead atoms. The second-order valence-corrected chi connectivity index (χ2v) is 6.63. The standard InChI is InChI=1S/C14H27NOS/c1-2-15-14(13-3-7-16-8-4-13)11-12-5-9-17-10-6-12/h12-15H,2-11H2,1H3. The fourth-order valence-corrected chi connectivity index (χ4v) is 4.37. The summed E-state index contributed by atoms with van der Waals surface area (Å²) < 4.78 is 5.49. The van der Waals surface area contributed by atoms with E-state index < -0.39 is 0 Å². The summed E-state index contributed by atoms with van der Waals surface area (Å²) in [6.07, 6.45) is 6.81. The molecule has 0 aromatic heterocycles. The quantitative estimate of drug-likeness (QED) is 0.818. The third-order valence-electron chi connectivity index (χ3n) is 4.23. The van der Waals surface area contributed by atoms with Crippen molar-refractivity contribution < 1.29 is 4.74 Å². The van der Waals surface area contributed by atoms with E-state index in [1.165, 1.54) is 43.6 Å². The minimum Gasteiger partial charge on any atom is -0.381 e. The number of thioether (sulfide) groups is 1. The SMILES string of the molecule is CCNC(CC1CCSCC1)C1CCOCC1. The van der Waals surface area contributed by atoms with Crippen LogP contribution in [-0.2, 0) is 4.74 Å². The van der Waals surface area contributed by atoms with Crippen LogP contribution in [0.4, 0.5) is 0 Å². The van der Waals surface area contributed by atoms with Crippen molar-refractivity contribution in [3.63, 3.8) is 0 Å². The number of hydrogen-bond acceptors (Lipinski definition) is 3. The highest BCUT2D eigenvalue weighted by Crippen LogP contribution is 2.30. The van der Waals surface area contributed by atoms with Crippen molar-refractivity contribution in [2.24, 2.45) is 11.8 Å². The summed E-state index contributed by atoms with van der Waals surface area (Å²) in [5.74, 6) is 4.61. The summed E-state index contributed by atoms with van der Waals surface area (Å²) in [7, 11) is 0. The van der Waals surface area contributed by atoms with E-state index >= 15 is 0 Å². The molecule has 2 nitrogen and oxygen atoms in total. The van der Waals surface area contributed by atoms with Crippen LogP contribution in [0.5, 0.6) is 0 Å². The molecule has 2 saturated heterocycles. The van der Waals surface area contributed by atoms with Crippen molar-refractivity contribution in [1.29, 1.82) is 0 Å². The fourth-order valence-electron chi connectivity index (χ4n) is 3.16. The Labute approximate surface area is 110 Å². The van der Waals surface area contributed by atoms with Crippen LogP contribution in [0, 0.1) is 11.8 Å². The zero-order valence-electron chi connectivity index (χ0n) is 11.1. The van der Waals surface area contributed by atoms with Gasteiger partial charge < -0.3 is 10.1 Å². The summed E-state index contributed by atoms with van der Waals surface area (Å²) in [4.78, 5) is 0. The first-order valence-corrected chi connectivity index (χ1v) is 8.44. The smallest absolute Gasteiger partial charge is 0.0469 e. The molecular weight excluding hydrogens is 230 g/mol. The van der Waals surface area contributed by atoms with Crippen LogP contribution in [0.1, 0.15) is 39.0 Å². The molecule has 2 fully saturated rings. The summed E-state index contributed by atoms with van der Waals surface area (Å²) in [5.41, 5.74) is 0. The zero-order valence-corrected chi connectivity index (χ0v) is 11.9. The molecule has 1 atom stereocenters. The van der Waals surface area contributed by atoms with E-state index in [9.17, 15) is 0 Å². The first-order valence-electron chi connectivity index (χ1n) is 7.29. The average Bonchev–Trinajstić information content (AvgIpc) is 2.40. The Bertz CT molecular complexity index is 200. The van der Waals surface area contributed by atoms with Gasteiger partial charge in [-0.2, -0.15) is 11.8 Å². The highest BCUT2D eigenvalue weighted by molar-refractivity contribution is 7.99. The molecule has 1 unspecified atom stereocenters. The van der Waals surface area contributed by atoms with E-state index in [0.717, 1.165) is 37.6 Å². The lowest BCUT2D eigenvalue weighted by Crippen LogP contribution is -2.40. The molecule has 0 saturated carbocycles. The average molecular weight is 257 g/mol. The molecule has 100 valence electrons. The molecular formula is C14H27NOS. The topological polar surface area (TPSA) is 21.3 Å². The van der Waals surface area contributed by atoms with Crippen LogP contribution in [-0.4, -0.2) is 37.3 Å². The largest absolute Gasteiger partial charge is 0.381 e. The Balaban J connectivity index is 1.81. The number of rotatable bonds is 5. The Morgan fingerprint density at radius 1 is 1.18 bits per heavy atom. The minimum atomic E-state index is 0.747. The summed E-state index contributed by atoms with van der Waals surface area (Å²) in [5, 5.41) is 3.74. The lowest BCUT2D eigenvalue weighted by atomic mass is 9.84. The summed E-state index contributed by atoms with van der Waals surface area (Å²) >= 11 is 2.13. The minimum absolute atomic E-state index is 0.747. The van der Waals surface area contributed by atoms with Gasteiger partial charge in [-0.05, 0) is 62.0 Å². The molecule has 2 rings (SSSR count). The van der Waals surface area contributed by atoms with Crippen molar-refractivity contribution in [3.8, 4) is 0 Å². The highest BCUT2D eigenvalue weighted by atomic mass is 32.2. The van der Waals surface area contributed by atoms with Crippen LogP contribution in [0.2, 0.25) is 0 Å².